The van der Waals surface area contributed by atoms with E-state index in [1.807, 2.05) is 0 Å². The molecule has 0 aliphatic rings. The van der Waals surface area contributed by atoms with Gasteiger partial charge in [-0.1, -0.05) is 158 Å². The minimum absolute atomic E-state index is 1.15. The quantitative estimate of drug-likeness (QED) is 0.158. The van der Waals surface area contributed by atoms with Gasteiger partial charge in [0, 0.05) is 32.9 Å². The molecule has 2 heterocycles. The minimum Gasteiger partial charge on any atom is -0.309 e. The lowest BCUT2D eigenvalue weighted by Gasteiger charge is -2.13. The summed E-state index contributed by atoms with van der Waals surface area (Å²) in [5.74, 6) is 0. The largest absolute Gasteiger partial charge is 0.309 e. The maximum absolute atomic E-state index is 2.48. The number of aromatic nitrogens is 2. The molecule has 13 rings (SSSR count). The van der Waals surface area contributed by atoms with Crippen LogP contribution in [0, 0.1) is 0 Å². The summed E-state index contributed by atoms with van der Waals surface area (Å²) in [6, 6.07) is 80.6. The van der Waals surface area contributed by atoms with Crippen molar-refractivity contribution in [2.45, 2.75) is 0 Å². The molecule has 0 radical (unpaired) electrons. The maximum atomic E-state index is 2.48. The summed E-state index contributed by atoms with van der Waals surface area (Å²) in [5, 5.41) is 15.2. The number of rotatable bonds is 4. The molecular formula is C58H36N2. The third-order valence-electron chi connectivity index (χ3n) is 12.8. The predicted molar refractivity (Wildman–Crippen MR) is 256 cm³/mol. The van der Waals surface area contributed by atoms with E-state index in [0.717, 1.165) is 11.4 Å². The van der Waals surface area contributed by atoms with E-state index in [-0.39, 0.29) is 0 Å². The van der Waals surface area contributed by atoms with Gasteiger partial charge < -0.3 is 9.13 Å². The Morgan fingerprint density at radius 1 is 0.217 bits per heavy atom. The lowest BCUT2D eigenvalue weighted by Crippen LogP contribution is -1.95. The molecule has 0 amide bonds. The van der Waals surface area contributed by atoms with Crippen molar-refractivity contribution in [3.05, 3.63) is 218 Å². The molecule has 0 saturated heterocycles. The highest BCUT2D eigenvalue weighted by atomic mass is 15.0. The first-order valence-corrected chi connectivity index (χ1v) is 20.8. The average Bonchev–Trinajstić information content (AvgIpc) is 3.83. The van der Waals surface area contributed by atoms with Gasteiger partial charge >= 0.3 is 0 Å². The van der Waals surface area contributed by atoms with Crippen LogP contribution in [0.15, 0.2) is 218 Å². The van der Waals surface area contributed by atoms with Crippen LogP contribution in [0.2, 0.25) is 0 Å². The minimum atomic E-state index is 1.15. The van der Waals surface area contributed by atoms with Gasteiger partial charge in [0.15, 0.2) is 0 Å². The molecule has 0 aliphatic carbocycles. The molecule has 0 saturated carbocycles. The zero-order chi connectivity index (χ0) is 39.3. The van der Waals surface area contributed by atoms with Crippen molar-refractivity contribution in [1.29, 1.82) is 0 Å². The average molecular weight is 761 g/mol. The molecule has 13 aromatic rings. The van der Waals surface area contributed by atoms with Gasteiger partial charge in [0.1, 0.15) is 0 Å². The summed E-state index contributed by atoms with van der Waals surface area (Å²) >= 11 is 0. The lowest BCUT2D eigenvalue weighted by atomic mass is 9.92. The summed E-state index contributed by atoms with van der Waals surface area (Å²) in [7, 11) is 0. The van der Waals surface area contributed by atoms with Crippen LogP contribution in [-0.2, 0) is 0 Å². The Labute approximate surface area is 346 Å². The number of hydrogen-bond donors (Lipinski definition) is 0. The number of benzene rings is 11. The van der Waals surface area contributed by atoms with E-state index in [0.29, 0.717) is 0 Å². The van der Waals surface area contributed by atoms with Crippen molar-refractivity contribution in [3.8, 4) is 33.6 Å². The Balaban J connectivity index is 1.15. The Kier molecular flexibility index (Phi) is 7.05. The fourth-order valence-corrected chi connectivity index (χ4v) is 10.2. The van der Waals surface area contributed by atoms with Gasteiger partial charge in [0.05, 0.1) is 22.1 Å². The maximum Gasteiger partial charge on any atom is 0.0553 e. The molecule has 60 heavy (non-hydrogen) atoms. The van der Waals surface area contributed by atoms with E-state index in [1.54, 1.807) is 0 Å². The van der Waals surface area contributed by atoms with Gasteiger partial charge in [0.2, 0.25) is 0 Å². The second kappa shape index (κ2) is 12.8. The summed E-state index contributed by atoms with van der Waals surface area (Å²) < 4.78 is 4.92. The zero-order valence-electron chi connectivity index (χ0n) is 32.7. The SMILES string of the molecule is c1ccc(-c2cccc(-n3c4ccc(-c5cc6c(c7ccccc57)c5ccccc5n6-c5ccccc5)cc4c4cc5c6ccccc6c6ccccc6c5cc43)c2)cc1. The van der Waals surface area contributed by atoms with E-state index < -0.39 is 0 Å². The second-order valence-corrected chi connectivity index (χ2v) is 16.0. The molecule has 11 aromatic carbocycles. The molecule has 0 bridgehead atoms. The Hall–Kier alpha value is -7.94. The summed E-state index contributed by atoms with van der Waals surface area (Å²) in [6.45, 7) is 0. The monoisotopic (exact) mass is 760 g/mol. The molecule has 0 fully saturated rings. The predicted octanol–water partition coefficient (Wildman–Crippen LogP) is 15.8. The molecule has 0 spiro atoms. The first kappa shape index (κ1) is 33.1. The van der Waals surface area contributed by atoms with E-state index in [2.05, 4.69) is 228 Å². The fourth-order valence-electron chi connectivity index (χ4n) is 10.2. The normalized spacial score (nSPS) is 12.0. The van der Waals surface area contributed by atoms with Crippen molar-refractivity contribution >= 4 is 86.7 Å². The van der Waals surface area contributed by atoms with Crippen LogP contribution in [0.25, 0.3) is 120 Å². The fraction of sp³-hybridized carbons (Fsp3) is 0. The summed E-state index contributed by atoms with van der Waals surface area (Å²) in [4.78, 5) is 0. The van der Waals surface area contributed by atoms with Crippen molar-refractivity contribution in [2.75, 3.05) is 0 Å². The Morgan fingerprint density at radius 3 is 1.47 bits per heavy atom. The first-order chi connectivity index (χ1) is 29.8. The van der Waals surface area contributed by atoms with E-state index in [9.17, 15) is 0 Å². The molecule has 0 N–H and O–H groups in total. The molecule has 0 unspecified atom stereocenters. The van der Waals surface area contributed by atoms with Crippen LogP contribution in [0.5, 0.6) is 0 Å². The van der Waals surface area contributed by atoms with Crippen molar-refractivity contribution in [1.82, 2.24) is 9.13 Å². The number of para-hydroxylation sites is 2. The topological polar surface area (TPSA) is 9.86 Å². The molecule has 278 valence electrons. The van der Waals surface area contributed by atoms with Crippen molar-refractivity contribution < 1.29 is 0 Å². The second-order valence-electron chi connectivity index (χ2n) is 16.0. The summed E-state index contributed by atoms with van der Waals surface area (Å²) in [5.41, 5.74) is 11.9. The molecule has 2 heteroatoms. The van der Waals surface area contributed by atoms with Crippen LogP contribution in [0.4, 0.5) is 0 Å². The zero-order valence-corrected chi connectivity index (χ0v) is 32.7. The smallest absolute Gasteiger partial charge is 0.0553 e. The van der Waals surface area contributed by atoms with Crippen LogP contribution >= 0.6 is 0 Å². The van der Waals surface area contributed by atoms with Gasteiger partial charge in [0.25, 0.3) is 0 Å². The van der Waals surface area contributed by atoms with Crippen LogP contribution in [0.1, 0.15) is 0 Å². The van der Waals surface area contributed by atoms with Gasteiger partial charge in [-0.2, -0.15) is 0 Å². The third-order valence-corrected chi connectivity index (χ3v) is 12.8. The third kappa shape index (κ3) is 4.76. The van der Waals surface area contributed by atoms with Crippen LogP contribution in [-0.4, -0.2) is 9.13 Å². The first-order valence-electron chi connectivity index (χ1n) is 20.8. The van der Waals surface area contributed by atoms with Crippen molar-refractivity contribution in [2.24, 2.45) is 0 Å². The molecule has 0 atom stereocenters. The van der Waals surface area contributed by atoms with Crippen molar-refractivity contribution in [3.63, 3.8) is 0 Å². The van der Waals surface area contributed by atoms with E-state index in [4.69, 9.17) is 0 Å². The van der Waals surface area contributed by atoms with E-state index >= 15 is 0 Å². The molecular weight excluding hydrogens is 725 g/mol. The number of fused-ring (bicyclic) bond motifs is 14. The van der Waals surface area contributed by atoms with Gasteiger partial charge in [-0.15, -0.1) is 0 Å². The number of nitrogens with zero attached hydrogens (tertiary/aromatic N) is 2. The Bertz CT molecular complexity index is 3870. The van der Waals surface area contributed by atoms with Gasteiger partial charge in [-0.3, -0.25) is 0 Å². The van der Waals surface area contributed by atoms with Crippen LogP contribution < -0.4 is 0 Å². The highest BCUT2D eigenvalue weighted by molar-refractivity contribution is 6.29. The van der Waals surface area contributed by atoms with Gasteiger partial charge in [-0.25, -0.2) is 0 Å². The van der Waals surface area contributed by atoms with E-state index in [1.165, 1.54) is 109 Å². The lowest BCUT2D eigenvalue weighted by molar-refractivity contribution is 1.18. The molecule has 0 aliphatic heterocycles. The highest BCUT2D eigenvalue weighted by Gasteiger charge is 2.21. The number of hydrogen-bond acceptors (Lipinski definition) is 0. The Morgan fingerprint density at radius 2 is 0.733 bits per heavy atom. The standard InChI is InChI=1S/C58H36N2/c1-3-16-37(17-4-1)38-18-15-21-41(32-38)60-55-31-30-39(33-52(55)53-34-50-44-24-9-7-22-42(44)43-23-8-10-25-45(43)51(50)36-56(53)60)49-35-57-58(47-27-12-11-26-46(47)49)48-28-13-14-29-54(48)59(57)40-19-5-2-6-20-40/h1-36H. The van der Waals surface area contributed by atoms with Gasteiger partial charge in [-0.05, 0) is 126 Å². The molecule has 2 aromatic heterocycles. The molecule has 2 nitrogen and oxygen atoms in total. The summed E-state index contributed by atoms with van der Waals surface area (Å²) in [6.07, 6.45) is 0. The highest BCUT2D eigenvalue weighted by Crippen LogP contribution is 2.45. The van der Waals surface area contributed by atoms with Crippen LogP contribution in [0.3, 0.4) is 0 Å².